The fourth-order valence-corrected chi connectivity index (χ4v) is 2.76. The largest absolute Gasteiger partial charge is 0.356 e. The van der Waals surface area contributed by atoms with Crippen LogP contribution in [0.2, 0.25) is 5.02 Å². The predicted octanol–water partition coefficient (Wildman–Crippen LogP) is 3.12. The van der Waals surface area contributed by atoms with Gasteiger partial charge in [0.2, 0.25) is 11.9 Å². The second-order valence-corrected chi connectivity index (χ2v) is 5.89. The van der Waals surface area contributed by atoms with Crippen molar-refractivity contribution in [2.24, 2.45) is 5.92 Å². The summed E-state index contributed by atoms with van der Waals surface area (Å²) in [4.78, 5) is 22.3. The fourth-order valence-electron chi connectivity index (χ4n) is 2.65. The zero-order valence-corrected chi connectivity index (χ0v) is 13.1. The fraction of sp³-hybridized carbons (Fsp3) is 0.312. The van der Waals surface area contributed by atoms with Gasteiger partial charge < -0.3 is 10.2 Å². The molecule has 1 saturated heterocycles. The van der Waals surface area contributed by atoms with E-state index in [0.717, 1.165) is 19.4 Å². The molecule has 0 saturated carbocycles. The lowest BCUT2D eigenvalue weighted by Crippen LogP contribution is -2.41. The van der Waals surface area contributed by atoms with Crippen LogP contribution in [0.15, 0.2) is 36.5 Å². The van der Waals surface area contributed by atoms with Crippen molar-refractivity contribution < 1.29 is 9.18 Å². The smallest absolute Gasteiger partial charge is 0.230 e. The van der Waals surface area contributed by atoms with Crippen LogP contribution < -0.4 is 10.2 Å². The number of hydrogen-bond donors (Lipinski definition) is 1. The summed E-state index contributed by atoms with van der Waals surface area (Å²) in [5.41, 5.74) is 0. The van der Waals surface area contributed by atoms with E-state index in [1.165, 1.54) is 12.3 Å². The van der Waals surface area contributed by atoms with E-state index in [0.29, 0.717) is 23.2 Å². The zero-order valence-electron chi connectivity index (χ0n) is 12.4. The highest BCUT2D eigenvalue weighted by Crippen LogP contribution is 2.23. The van der Waals surface area contributed by atoms with Crippen molar-refractivity contribution in [2.45, 2.75) is 12.8 Å². The molecule has 0 radical (unpaired) electrons. The molecule has 0 aliphatic carbocycles. The van der Waals surface area contributed by atoms with E-state index >= 15 is 0 Å². The zero-order chi connectivity index (χ0) is 16.2. The lowest BCUT2D eigenvalue weighted by atomic mass is 9.97. The molecule has 7 heteroatoms. The third-order valence-corrected chi connectivity index (χ3v) is 4.02. The second-order valence-electron chi connectivity index (χ2n) is 5.45. The Kier molecular flexibility index (Phi) is 4.71. The minimum atomic E-state index is -0.514. The molecule has 3 heterocycles. The average Bonchev–Trinajstić information content (AvgIpc) is 2.57. The summed E-state index contributed by atoms with van der Waals surface area (Å²) >= 11 is 5.78. The molecule has 5 nitrogen and oxygen atoms in total. The molecule has 1 fully saturated rings. The second kappa shape index (κ2) is 6.91. The van der Waals surface area contributed by atoms with Gasteiger partial charge in [0, 0.05) is 19.3 Å². The van der Waals surface area contributed by atoms with Crippen LogP contribution in [0.4, 0.5) is 16.0 Å². The number of rotatable bonds is 3. The number of amides is 1. The summed E-state index contributed by atoms with van der Waals surface area (Å²) in [5.74, 6) is 0.235. The van der Waals surface area contributed by atoms with E-state index in [-0.39, 0.29) is 11.8 Å². The van der Waals surface area contributed by atoms with Crippen LogP contribution in [0, 0.1) is 11.9 Å². The predicted molar refractivity (Wildman–Crippen MR) is 87.0 cm³/mol. The number of carbonyl (C=O) groups excluding carboxylic acids is 1. The monoisotopic (exact) mass is 334 g/mol. The van der Waals surface area contributed by atoms with Gasteiger partial charge in [0.1, 0.15) is 11.6 Å². The average molecular weight is 335 g/mol. The molecular formula is C16H16ClFN4O. The SMILES string of the molecule is O=C(Nc1ccc(Cl)cn1)C1CCCN(c2cccc(F)n2)C1. The molecule has 2 aromatic rings. The minimum Gasteiger partial charge on any atom is -0.356 e. The molecular weight excluding hydrogens is 319 g/mol. The Balaban J connectivity index is 1.65. The number of aromatic nitrogens is 2. The van der Waals surface area contributed by atoms with Gasteiger partial charge in [-0.3, -0.25) is 4.79 Å². The van der Waals surface area contributed by atoms with Crippen LogP contribution in [0.5, 0.6) is 0 Å². The highest BCUT2D eigenvalue weighted by molar-refractivity contribution is 6.30. The van der Waals surface area contributed by atoms with Gasteiger partial charge in [-0.2, -0.15) is 4.39 Å². The van der Waals surface area contributed by atoms with Crippen LogP contribution >= 0.6 is 11.6 Å². The van der Waals surface area contributed by atoms with Gasteiger partial charge in [0.25, 0.3) is 0 Å². The molecule has 2 aromatic heterocycles. The van der Waals surface area contributed by atoms with E-state index in [9.17, 15) is 9.18 Å². The Labute approximate surface area is 138 Å². The van der Waals surface area contributed by atoms with Crippen molar-refractivity contribution in [1.82, 2.24) is 9.97 Å². The van der Waals surface area contributed by atoms with Gasteiger partial charge in [-0.25, -0.2) is 9.97 Å². The quantitative estimate of drug-likeness (QED) is 0.876. The number of carbonyl (C=O) groups is 1. The molecule has 1 N–H and O–H groups in total. The Morgan fingerprint density at radius 2 is 2.22 bits per heavy atom. The van der Waals surface area contributed by atoms with Crippen LogP contribution in [0.1, 0.15) is 12.8 Å². The van der Waals surface area contributed by atoms with Gasteiger partial charge in [-0.15, -0.1) is 0 Å². The Morgan fingerprint density at radius 3 is 2.96 bits per heavy atom. The van der Waals surface area contributed by atoms with E-state index < -0.39 is 5.95 Å². The number of hydrogen-bond acceptors (Lipinski definition) is 4. The van der Waals surface area contributed by atoms with Crippen molar-refractivity contribution in [3.05, 3.63) is 47.5 Å². The highest BCUT2D eigenvalue weighted by Gasteiger charge is 2.26. The molecule has 23 heavy (non-hydrogen) atoms. The van der Waals surface area contributed by atoms with E-state index in [1.807, 2.05) is 4.90 Å². The molecule has 3 rings (SSSR count). The molecule has 0 spiro atoms. The maximum atomic E-state index is 13.3. The third-order valence-electron chi connectivity index (χ3n) is 3.80. The summed E-state index contributed by atoms with van der Waals surface area (Å²) in [6.07, 6.45) is 3.12. The van der Waals surface area contributed by atoms with Gasteiger partial charge in [0.05, 0.1) is 10.9 Å². The van der Waals surface area contributed by atoms with Crippen molar-refractivity contribution in [2.75, 3.05) is 23.3 Å². The van der Waals surface area contributed by atoms with E-state index in [2.05, 4.69) is 15.3 Å². The summed E-state index contributed by atoms with van der Waals surface area (Å²) < 4.78 is 13.3. The van der Waals surface area contributed by atoms with Gasteiger partial charge >= 0.3 is 0 Å². The third kappa shape index (κ3) is 3.96. The maximum absolute atomic E-state index is 13.3. The molecule has 1 aliphatic rings. The summed E-state index contributed by atoms with van der Waals surface area (Å²) in [5, 5.41) is 3.31. The van der Waals surface area contributed by atoms with Crippen molar-refractivity contribution >= 4 is 29.1 Å². The van der Waals surface area contributed by atoms with Gasteiger partial charge in [-0.1, -0.05) is 17.7 Å². The Morgan fingerprint density at radius 1 is 1.35 bits per heavy atom. The Bertz CT molecular complexity index is 695. The normalized spacial score (nSPS) is 17.8. The summed E-state index contributed by atoms with van der Waals surface area (Å²) in [6, 6.07) is 8.02. The molecule has 120 valence electrons. The van der Waals surface area contributed by atoms with Crippen LogP contribution in [-0.2, 0) is 4.79 Å². The number of nitrogens with zero attached hydrogens (tertiary/aromatic N) is 3. The first kappa shape index (κ1) is 15.7. The molecule has 1 aliphatic heterocycles. The lowest BCUT2D eigenvalue weighted by molar-refractivity contribution is -0.120. The Hall–Kier alpha value is -2.21. The van der Waals surface area contributed by atoms with E-state index in [4.69, 9.17) is 11.6 Å². The summed E-state index contributed by atoms with van der Waals surface area (Å²) in [7, 11) is 0. The number of halogens is 2. The molecule has 0 aromatic carbocycles. The number of pyridine rings is 2. The van der Waals surface area contributed by atoms with Crippen molar-refractivity contribution in [3.63, 3.8) is 0 Å². The van der Waals surface area contributed by atoms with Crippen molar-refractivity contribution in [3.8, 4) is 0 Å². The number of nitrogens with one attached hydrogen (secondary N) is 1. The number of anilines is 2. The van der Waals surface area contributed by atoms with Gasteiger partial charge in [-0.05, 0) is 37.1 Å². The highest BCUT2D eigenvalue weighted by atomic mass is 35.5. The van der Waals surface area contributed by atoms with E-state index in [1.54, 1.807) is 24.3 Å². The summed E-state index contributed by atoms with van der Waals surface area (Å²) in [6.45, 7) is 1.27. The van der Waals surface area contributed by atoms with Crippen molar-refractivity contribution in [1.29, 1.82) is 0 Å². The molecule has 0 bridgehead atoms. The first-order chi connectivity index (χ1) is 11.1. The molecule has 1 unspecified atom stereocenters. The van der Waals surface area contributed by atoms with Crippen LogP contribution in [0.3, 0.4) is 0 Å². The standard InChI is InChI=1S/C16H16ClFN4O/c17-12-6-7-14(19-9-12)21-16(23)11-3-2-8-22(10-11)15-5-1-4-13(18)20-15/h1,4-7,9,11H,2-3,8,10H2,(H,19,21,23). The lowest BCUT2D eigenvalue weighted by Gasteiger charge is -2.32. The van der Waals surface area contributed by atoms with Crippen LogP contribution in [0.25, 0.3) is 0 Å². The van der Waals surface area contributed by atoms with Gasteiger partial charge in [0.15, 0.2) is 0 Å². The minimum absolute atomic E-state index is 0.0964. The molecule has 1 atom stereocenters. The first-order valence-corrected chi connectivity index (χ1v) is 7.79. The maximum Gasteiger partial charge on any atom is 0.230 e. The number of piperidine rings is 1. The molecule has 1 amide bonds. The topological polar surface area (TPSA) is 58.1 Å². The first-order valence-electron chi connectivity index (χ1n) is 7.42. The van der Waals surface area contributed by atoms with Crippen LogP contribution in [-0.4, -0.2) is 29.0 Å².